The molecule has 28 heavy (non-hydrogen) atoms. The minimum absolute atomic E-state index is 0.181. The van der Waals surface area contributed by atoms with Gasteiger partial charge < -0.3 is 14.5 Å². The molecule has 4 heteroatoms. The van der Waals surface area contributed by atoms with E-state index in [1.165, 1.54) is 48.3 Å². The number of likely N-dealkylation sites (tertiary alicyclic amines) is 1. The van der Waals surface area contributed by atoms with Gasteiger partial charge in [0, 0.05) is 31.9 Å². The molecule has 0 spiro atoms. The first-order valence-corrected chi connectivity index (χ1v) is 10.8. The molecule has 3 rings (SSSR count). The highest BCUT2D eigenvalue weighted by Gasteiger charge is 2.26. The quantitative estimate of drug-likeness (QED) is 0.683. The third-order valence-corrected chi connectivity index (χ3v) is 5.78. The first-order valence-electron chi connectivity index (χ1n) is 10.8. The van der Waals surface area contributed by atoms with Crippen LogP contribution < -0.4 is 4.90 Å². The number of carbonyl (C=O) groups excluding carboxylic acids is 1. The van der Waals surface area contributed by atoms with E-state index < -0.39 is 5.60 Å². The van der Waals surface area contributed by atoms with E-state index in [9.17, 15) is 4.79 Å². The molecule has 2 aliphatic heterocycles. The van der Waals surface area contributed by atoms with E-state index in [-0.39, 0.29) is 6.09 Å². The Bertz CT molecular complexity index is 696. The average molecular weight is 385 g/mol. The zero-order valence-corrected chi connectivity index (χ0v) is 18.3. The molecule has 0 bridgehead atoms. The zero-order chi connectivity index (χ0) is 20.3. The number of rotatable bonds is 3. The third-order valence-electron chi connectivity index (χ3n) is 5.78. The lowest BCUT2D eigenvalue weighted by molar-refractivity contribution is 0.0197. The lowest BCUT2D eigenvalue weighted by Crippen LogP contribution is -2.41. The molecule has 0 atom stereocenters. The summed E-state index contributed by atoms with van der Waals surface area (Å²) in [6.07, 6.45) is 9.07. The summed E-state index contributed by atoms with van der Waals surface area (Å²) in [5.41, 5.74) is 4.99. The first-order chi connectivity index (χ1) is 13.2. The highest BCUT2D eigenvalue weighted by atomic mass is 16.6. The van der Waals surface area contributed by atoms with Crippen molar-refractivity contribution in [3.8, 4) is 0 Å². The molecule has 1 aromatic carbocycles. The second kappa shape index (κ2) is 8.59. The van der Waals surface area contributed by atoms with E-state index in [2.05, 4.69) is 43.0 Å². The molecule has 0 unspecified atom stereocenters. The molecular weight excluding hydrogens is 348 g/mol. The predicted molar refractivity (Wildman–Crippen MR) is 117 cm³/mol. The van der Waals surface area contributed by atoms with Gasteiger partial charge in [-0.25, -0.2) is 4.79 Å². The molecule has 0 radical (unpaired) electrons. The van der Waals surface area contributed by atoms with Crippen molar-refractivity contribution in [3.05, 3.63) is 34.9 Å². The molecular formula is C24H36N2O2. The van der Waals surface area contributed by atoms with Gasteiger partial charge in [0.2, 0.25) is 0 Å². The Morgan fingerprint density at radius 1 is 1.04 bits per heavy atom. The smallest absolute Gasteiger partial charge is 0.410 e. The van der Waals surface area contributed by atoms with Gasteiger partial charge in [0.1, 0.15) is 5.60 Å². The van der Waals surface area contributed by atoms with Crippen LogP contribution in [0.5, 0.6) is 0 Å². The van der Waals surface area contributed by atoms with Crippen LogP contribution in [0.15, 0.2) is 18.2 Å². The van der Waals surface area contributed by atoms with Gasteiger partial charge in [-0.3, -0.25) is 0 Å². The van der Waals surface area contributed by atoms with Gasteiger partial charge in [0.15, 0.2) is 0 Å². The third kappa shape index (κ3) is 5.30. The van der Waals surface area contributed by atoms with Crippen LogP contribution >= 0.6 is 0 Å². The van der Waals surface area contributed by atoms with Crippen LogP contribution in [0.1, 0.15) is 63.1 Å². The summed E-state index contributed by atoms with van der Waals surface area (Å²) in [6.45, 7) is 14.1. The molecule has 0 N–H and O–H groups in total. The Balaban J connectivity index is 1.58. The summed E-state index contributed by atoms with van der Waals surface area (Å²) >= 11 is 0. The number of hydrogen-bond acceptors (Lipinski definition) is 3. The van der Waals surface area contributed by atoms with Gasteiger partial charge in [-0.05, 0) is 95.0 Å². The van der Waals surface area contributed by atoms with Crippen LogP contribution in [0.25, 0.3) is 6.08 Å². The minimum atomic E-state index is -0.426. The van der Waals surface area contributed by atoms with Crippen molar-refractivity contribution in [1.82, 2.24) is 4.90 Å². The first kappa shape index (κ1) is 20.8. The molecule has 0 saturated carbocycles. The molecule has 0 aliphatic carbocycles. The molecule has 2 saturated heterocycles. The van der Waals surface area contributed by atoms with Gasteiger partial charge in [0.25, 0.3) is 0 Å². The second-order valence-corrected chi connectivity index (χ2v) is 9.35. The number of ether oxygens (including phenoxy) is 1. The summed E-state index contributed by atoms with van der Waals surface area (Å²) in [5.74, 6) is 0.524. The number of hydrogen-bond donors (Lipinski definition) is 0. The van der Waals surface area contributed by atoms with Crippen molar-refractivity contribution in [2.24, 2.45) is 5.92 Å². The lowest BCUT2D eigenvalue weighted by Gasteiger charge is -2.32. The van der Waals surface area contributed by atoms with Gasteiger partial charge in [-0.2, -0.15) is 0 Å². The molecule has 4 nitrogen and oxygen atoms in total. The van der Waals surface area contributed by atoms with Crippen LogP contribution in [0.2, 0.25) is 0 Å². The van der Waals surface area contributed by atoms with Crippen LogP contribution in [0.4, 0.5) is 10.5 Å². The summed E-state index contributed by atoms with van der Waals surface area (Å²) in [5, 5.41) is 0. The average Bonchev–Trinajstić information content (AvgIpc) is 3.14. The van der Waals surface area contributed by atoms with Crippen molar-refractivity contribution >= 4 is 17.9 Å². The molecule has 154 valence electrons. The van der Waals surface area contributed by atoms with Crippen molar-refractivity contribution in [3.63, 3.8) is 0 Å². The molecule has 1 aromatic rings. The van der Waals surface area contributed by atoms with Gasteiger partial charge >= 0.3 is 6.09 Å². The van der Waals surface area contributed by atoms with Crippen LogP contribution in [0.3, 0.4) is 0 Å². The summed E-state index contributed by atoms with van der Waals surface area (Å²) in [7, 11) is 0. The summed E-state index contributed by atoms with van der Waals surface area (Å²) in [4.78, 5) is 16.6. The number of amides is 1. The van der Waals surface area contributed by atoms with Crippen molar-refractivity contribution in [1.29, 1.82) is 0 Å². The van der Waals surface area contributed by atoms with E-state index >= 15 is 0 Å². The zero-order valence-electron chi connectivity index (χ0n) is 18.3. The number of allylic oxidation sites excluding steroid dienone is 1. The monoisotopic (exact) mass is 384 g/mol. The number of benzene rings is 1. The molecule has 2 aliphatic rings. The van der Waals surface area contributed by atoms with Crippen LogP contribution in [-0.4, -0.2) is 42.8 Å². The highest BCUT2D eigenvalue weighted by Crippen LogP contribution is 2.28. The Kier molecular flexibility index (Phi) is 6.36. The summed E-state index contributed by atoms with van der Waals surface area (Å²) < 4.78 is 5.49. The normalized spacial score (nSPS) is 18.9. The number of aryl methyl sites for hydroxylation is 2. The Morgan fingerprint density at radius 2 is 1.61 bits per heavy atom. The number of anilines is 1. The van der Waals surface area contributed by atoms with E-state index in [4.69, 9.17) is 4.74 Å². The number of nitrogens with zero attached hydrogens (tertiary/aromatic N) is 2. The Hall–Kier alpha value is -1.97. The standard InChI is InChI=1S/C24H36N2O2/c1-18-16-21(25-12-6-7-13-25)17-19(2)22(18)9-8-20-10-14-26(15-11-20)23(27)28-24(3,4)5/h8-9,16-17,20H,6-7,10-15H2,1-5H3. The topological polar surface area (TPSA) is 32.8 Å². The van der Waals surface area contributed by atoms with Gasteiger partial charge in [-0.15, -0.1) is 0 Å². The van der Waals surface area contributed by atoms with Gasteiger partial charge in [0.05, 0.1) is 0 Å². The fraction of sp³-hybridized carbons (Fsp3) is 0.625. The molecule has 2 heterocycles. The Morgan fingerprint density at radius 3 is 2.14 bits per heavy atom. The number of piperidine rings is 1. The Labute approximate surface area is 170 Å². The molecule has 0 aromatic heterocycles. The largest absolute Gasteiger partial charge is 0.444 e. The van der Waals surface area contributed by atoms with E-state index in [1.54, 1.807) is 0 Å². The lowest BCUT2D eigenvalue weighted by atomic mass is 9.94. The van der Waals surface area contributed by atoms with Crippen molar-refractivity contribution < 1.29 is 9.53 Å². The van der Waals surface area contributed by atoms with Crippen LogP contribution in [-0.2, 0) is 4.74 Å². The van der Waals surface area contributed by atoms with E-state index in [0.717, 1.165) is 25.9 Å². The maximum absolute atomic E-state index is 12.2. The molecule has 1 amide bonds. The predicted octanol–water partition coefficient (Wildman–Crippen LogP) is 5.56. The highest BCUT2D eigenvalue weighted by molar-refractivity contribution is 5.68. The van der Waals surface area contributed by atoms with E-state index in [0.29, 0.717) is 5.92 Å². The SMILES string of the molecule is Cc1cc(N2CCCC2)cc(C)c1C=CC1CCN(C(=O)OC(C)(C)C)CC1. The van der Waals surface area contributed by atoms with Gasteiger partial charge in [-0.1, -0.05) is 12.2 Å². The maximum atomic E-state index is 12.2. The van der Waals surface area contributed by atoms with Crippen molar-refractivity contribution in [2.75, 3.05) is 31.1 Å². The van der Waals surface area contributed by atoms with E-state index in [1.807, 2.05) is 25.7 Å². The fourth-order valence-electron chi connectivity index (χ4n) is 4.21. The second-order valence-electron chi connectivity index (χ2n) is 9.35. The fourth-order valence-corrected chi connectivity index (χ4v) is 4.21. The molecule has 2 fully saturated rings. The maximum Gasteiger partial charge on any atom is 0.410 e. The van der Waals surface area contributed by atoms with Crippen LogP contribution in [0, 0.1) is 19.8 Å². The summed E-state index contributed by atoms with van der Waals surface area (Å²) in [6, 6.07) is 4.67. The minimum Gasteiger partial charge on any atom is -0.444 e. The number of carbonyl (C=O) groups is 1. The van der Waals surface area contributed by atoms with Crippen molar-refractivity contribution in [2.45, 2.75) is 65.9 Å².